The number of nitrogens with zero attached hydrogens (tertiary/aromatic N) is 4. The van der Waals surface area contributed by atoms with Crippen LogP contribution < -0.4 is 4.90 Å². The highest BCUT2D eigenvalue weighted by molar-refractivity contribution is 7.91. The van der Waals surface area contributed by atoms with Crippen LogP contribution in [0.2, 0.25) is 0 Å². The molecule has 178 valence electrons. The molecule has 0 aliphatic carbocycles. The molecule has 0 N–H and O–H groups in total. The lowest BCUT2D eigenvalue weighted by Crippen LogP contribution is -2.45. The first-order chi connectivity index (χ1) is 15.8. The third-order valence-electron chi connectivity index (χ3n) is 5.72. The number of amides is 1. The number of fused-ring (bicyclic) bond motifs is 1. The number of hydrogen-bond acceptors (Lipinski definition) is 7. The molecule has 0 spiro atoms. The molecule has 1 amide bonds. The van der Waals surface area contributed by atoms with Crippen molar-refractivity contribution in [1.82, 2.24) is 14.2 Å². The van der Waals surface area contributed by atoms with E-state index in [1.165, 1.54) is 39.1 Å². The van der Waals surface area contributed by atoms with Crippen LogP contribution in [0.4, 0.5) is 9.52 Å². The zero-order valence-electron chi connectivity index (χ0n) is 18.6. The van der Waals surface area contributed by atoms with E-state index in [0.717, 1.165) is 13.0 Å². The first kappa shape index (κ1) is 24.2. The molecule has 0 unspecified atom stereocenters. The maximum atomic E-state index is 13.7. The Hall–Kier alpha value is -1.92. The number of anilines is 1. The number of carbonyl (C=O) groups is 1. The number of benzene rings is 1. The molecule has 3 heterocycles. The number of halogens is 1. The van der Waals surface area contributed by atoms with Crippen LogP contribution in [0.5, 0.6) is 0 Å². The number of carbonyl (C=O) groups excluding carboxylic acids is 1. The fourth-order valence-electron chi connectivity index (χ4n) is 3.95. The summed E-state index contributed by atoms with van der Waals surface area (Å²) < 4.78 is 41.8. The van der Waals surface area contributed by atoms with Crippen molar-refractivity contribution in [3.05, 3.63) is 41.5 Å². The van der Waals surface area contributed by atoms with E-state index >= 15 is 0 Å². The Bertz CT molecular complexity index is 1200. The van der Waals surface area contributed by atoms with Gasteiger partial charge >= 0.3 is 0 Å². The number of hydrogen-bond donors (Lipinski definition) is 0. The quantitative estimate of drug-likeness (QED) is 0.460. The van der Waals surface area contributed by atoms with Crippen molar-refractivity contribution in [3.63, 3.8) is 0 Å². The monoisotopic (exact) mass is 510 g/mol. The van der Waals surface area contributed by atoms with E-state index in [2.05, 4.69) is 9.88 Å². The Balaban J connectivity index is 1.50. The van der Waals surface area contributed by atoms with Gasteiger partial charge in [0.15, 0.2) is 5.13 Å². The highest BCUT2D eigenvalue weighted by atomic mass is 32.2. The van der Waals surface area contributed by atoms with E-state index in [9.17, 15) is 17.6 Å². The van der Waals surface area contributed by atoms with E-state index in [4.69, 9.17) is 0 Å². The zero-order chi connectivity index (χ0) is 23.6. The van der Waals surface area contributed by atoms with Crippen LogP contribution in [0.1, 0.15) is 19.3 Å². The van der Waals surface area contributed by atoms with Gasteiger partial charge in [0.25, 0.3) is 10.0 Å². The maximum absolute atomic E-state index is 13.7. The minimum atomic E-state index is -3.51. The van der Waals surface area contributed by atoms with Gasteiger partial charge in [-0.2, -0.15) is 4.31 Å². The highest BCUT2D eigenvalue weighted by Crippen LogP contribution is 2.33. The number of rotatable bonds is 8. The SMILES string of the molecule is CN(C)CCCN(C(=O)C1CCN(S(=O)(=O)c2cccs2)CC1)c1nc2ccc(F)cc2s1. The van der Waals surface area contributed by atoms with Crippen molar-refractivity contribution in [1.29, 1.82) is 0 Å². The van der Waals surface area contributed by atoms with Crippen molar-refractivity contribution in [2.24, 2.45) is 5.92 Å². The zero-order valence-corrected chi connectivity index (χ0v) is 21.1. The fraction of sp³-hybridized carbons (Fsp3) is 0.455. The van der Waals surface area contributed by atoms with Crippen LogP contribution in [0.25, 0.3) is 10.2 Å². The molecule has 1 fully saturated rings. The van der Waals surface area contributed by atoms with Gasteiger partial charge in [0, 0.05) is 25.6 Å². The van der Waals surface area contributed by atoms with Crippen LogP contribution in [-0.2, 0) is 14.8 Å². The van der Waals surface area contributed by atoms with Crippen molar-refractivity contribution in [2.75, 3.05) is 45.2 Å². The summed E-state index contributed by atoms with van der Waals surface area (Å²) in [5.41, 5.74) is 0.665. The third kappa shape index (κ3) is 5.43. The normalized spacial score (nSPS) is 16.0. The van der Waals surface area contributed by atoms with Gasteiger partial charge in [-0.05, 0) is 69.5 Å². The largest absolute Gasteiger partial charge is 0.309 e. The molecule has 3 aromatic rings. The molecule has 2 aromatic heterocycles. The summed E-state index contributed by atoms with van der Waals surface area (Å²) in [6.07, 6.45) is 1.70. The summed E-state index contributed by atoms with van der Waals surface area (Å²) in [4.78, 5) is 21.9. The van der Waals surface area contributed by atoms with Gasteiger partial charge in [0.2, 0.25) is 5.91 Å². The first-order valence-corrected chi connectivity index (χ1v) is 13.9. The maximum Gasteiger partial charge on any atom is 0.252 e. The summed E-state index contributed by atoms with van der Waals surface area (Å²) in [5.74, 6) is -0.646. The molecule has 33 heavy (non-hydrogen) atoms. The number of aromatic nitrogens is 1. The Morgan fingerprint density at radius 2 is 1.97 bits per heavy atom. The molecule has 1 aliphatic rings. The lowest BCUT2D eigenvalue weighted by molar-refractivity contribution is -0.123. The second-order valence-corrected chi connectivity index (χ2v) is 12.5. The topological polar surface area (TPSA) is 73.8 Å². The summed E-state index contributed by atoms with van der Waals surface area (Å²) in [7, 11) is 0.455. The van der Waals surface area contributed by atoms with Crippen molar-refractivity contribution in [3.8, 4) is 0 Å². The summed E-state index contributed by atoms with van der Waals surface area (Å²) in [6, 6.07) is 7.77. The number of thiophene rings is 1. The molecular formula is C22H27FN4O3S3. The minimum absolute atomic E-state index is 0.0403. The lowest BCUT2D eigenvalue weighted by Gasteiger charge is -2.32. The smallest absolute Gasteiger partial charge is 0.252 e. The standard InChI is InChI=1S/C22H27FN4O3S3/c1-25(2)10-4-11-27(22-24-18-7-6-17(23)15-19(18)32-22)21(28)16-8-12-26(13-9-16)33(29,30)20-5-3-14-31-20/h3,5-7,14-16H,4,8-13H2,1-2H3. The second kappa shape index (κ2) is 10.1. The van der Waals surface area contributed by atoms with Crippen molar-refractivity contribution in [2.45, 2.75) is 23.5 Å². The van der Waals surface area contributed by atoms with Gasteiger partial charge in [0.05, 0.1) is 10.2 Å². The Labute approximate surface area is 201 Å². The van der Waals surface area contributed by atoms with Crippen molar-refractivity contribution < 1.29 is 17.6 Å². The van der Waals surface area contributed by atoms with Crippen LogP contribution in [0.15, 0.2) is 39.9 Å². The van der Waals surface area contributed by atoms with E-state index in [1.807, 2.05) is 14.1 Å². The van der Waals surface area contributed by atoms with E-state index in [0.29, 0.717) is 52.0 Å². The van der Waals surface area contributed by atoms with Gasteiger partial charge in [-0.25, -0.2) is 17.8 Å². The molecule has 11 heteroatoms. The molecule has 0 saturated carbocycles. The fourth-order valence-corrected chi connectivity index (χ4v) is 7.58. The first-order valence-electron chi connectivity index (χ1n) is 10.8. The summed E-state index contributed by atoms with van der Waals surface area (Å²) in [6.45, 7) is 1.95. The minimum Gasteiger partial charge on any atom is -0.309 e. The van der Waals surface area contributed by atoms with Gasteiger partial charge in [-0.1, -0.05) is 17.4 Å². The predicted octanol–water partition coefficient (Wildman–Crippen LogP) is 3.88. The molecule has 7 nitrogen and oxygen atoms in total. The van der Waals surface area contributed by atoms with Gasteiger partial charge < -0.3 is 4.90 Å². The summed E-state index contributed by atoms with van der Waals surface area (Å²) in [5, 5.41) is 2.31. The van der Waals surface area contributed by atoms with Crippen LogP contribution in [-0.4, -0.2) is 68.8 Å². The molecular weight excluding hydrogens is 483 g/mol. The van der Waals surface area contributed by atoms with Gasteiger partial charge in [-0.3, -0.25) is 9.69 Å². The molecule has 4 rings (SSSR count). The van der Waals surface area contributed by atoms with Gasteiger partial charge in [0.1, 0.15) is 10.0 Å². The average Bonchev–Trinajstić information content (AvgIpc) is 3.46. The van der Waals surface area contributed by atoms with Gasteiger partial charge in [-0.15, -0.1) is 11.3 Å². The van der Waals surface area contributed by atoms with Crippen LogP contribution in [0, 0.1) is 11.7 Å². The van der Waals surface area contributed by atoms with Crippen LogP contribution >= 0.6 is 22.7 Å². The Morgan fingerprint density at radius 1 is 1.21 bits per heavy atom. The predicted molar refractivity (Wildman–Crippen MR) is 131 cm³/mol. The van der Waals surface area contributed by atoms with Crippen molar-refractivity contribution >= 4 is 54.0 Å². The van der Waals surface area contributed by atoms with E-state index in [-0.39, 0.29) is 17.6 Å². The highest BCUT2D eigenvalue weighted by Gasteiger charge is 2.35. The van der Waals surface area contributed by atoms with E-state index in [1.54, 1.807) is 28.5 Å². The number of thiazole rings is 1. The second-order valence-electron chi connectivity index (χ2n) is 8.37. The molecule has 0 radical (unpaired) electrons. The summed E-state index contributed by atoms with van der Waals surface area (Å²) >= 11 is 2.51. The number of piperidine rings is 1. The van der Waals surface area contributed by atoms with E-state index < -0.39 is 10.0 Å². The Kier molecular flexibility index (Phi) is 7.44. The molecule has 0 atom stereocenters. The van der Waals surface area contributed by atoms with Crippen LogP contribution in [0.3, 0.4) is 0 Å². The molecule has 1 aliphatic heterocycles. The lowest BCUT2D eigenvalue weighted by atomic mass is 9.96. The third-order valence-corrected chi connectivity index (χ3v) is 10.0. The Morgan fingerprint density at radius 3 is 2.64 bits per heavy atom. The average molecular weight is 511 g/mol. The molecule has 1 saturated heterocycles. The number of sulfonamides is 1. The molecule has 0 bridgehead atoms. The molecule has 1 aromatic carbocycles.